The molecule has 88 valence electrons. The summed E-state index contributed by atoms with van der Waals surface area (Å²) in [7, 11) is 0. The molecule has 2 N–H and O–H groups in total. The molecule has 0 radical (unpaired) electrons. The number of halogens is 1. The summed E-state index contributed by atoms with van der Waals surface area (Å²) < 4.78 is 13.3. The van der Waals surface area contributed by atoms with Crippen molar-refractivity contribution in [3.8, 4) is 0 Å². The Kier molecular flexibility index (Phi) is 4.76. The predicted octanol–water partition coefficient (Wildman–Crippen LogP) is 1.47. The van der Waals surface area contributed by atoms with Gasteiger partial charge in [0.1, 0.15) is 5.82 Å². The van der Waals surface area contributed by atoms with Crippen molar-refractivity contribution in [1.82, 2.24) is 5.32 Å². The molecular weight excluding hydrogens is 229 g/mol. The van der Waals surface area contributed by atoms with Gasteiger partial charge in [0.25, 0.3) is 5.91 Å². The van der Waals surface area contributed by atoms with E-state index in [1.807, 2.05) is 0 Å². The van der Waals surface area contributed by atoms with Crippen LogP contribution in [0.3, 0.4) is 0 Å². The summed E-state index contributed by atoms with van der Waals surface area (Å²) in [6.45, 7) is 2.08. The third-order valence-electron chi connectivity index (χ3n) is 2.12. The normalized spacial score (nSPS) is 12.2. The molecule has 1 amide bonds. The number of hydrogen-bond donors (Lipinski definition) is 3. The third-order valence-corrected chi connectivity index (χ3v) is 2.40. The van der Waals surface area contributed by atoms with Gasteiger partial charge in [-0.2, -0.15) is 0 Å². The van der Waals surface area contributed by atoms with Crippen LogP contribution in [0.25, 0.3) is 0 Å². The van der Waals surface area contributed by atoms with Crippen molar-refractivity contribution in [2.75, 3.05) is 13.2 Å². The first-order chi connectivity index (χ1) is 7.54. The summed E-state index contributed by atoms with van der Waals surface area (Å²) in [5.74, 6) is -1.12. The number of aliphatic hydroxyl groups excluding tert-OH is 1. The highest BCUT2D eigenvalue weighted by Crippen LogP contribution is 2.13. The van der Waals surface area contributed by atoms with E-state index in [1.165, 1.54) is 18.2 Å². The van der Waals surface area contributed by atoms with E-state index in [4.69, 9.17) is 5.11 Å². The molecule has 1 unspecified atom stereocenters. The first-order valence-corrected chi connectivity index (χ1v) is 5.37. The quantitative estimate of drug-likeness (QED) is 0.701. The second kappa shape index (κ2) is 5.86. The summed E-state index contributed by atoms with van der Waals surface area (Å²) in [5, 5.41) is 11.3. The van der Waals surface area contributed by atoms with Crippen molar-refractivity contribution in [2.45, 2.75) is 11.8 Å². The Morgan fingerprint density at radius 3 is 2.94 bits per heavy atom. The third kappa shape index (κ3) is 3.50. The average Bonchev–Trinajstić information content (AvgIpc) is 2.28. The van der Waals surface area contributed by atoms with E-state index in [2.05, 4.69) is 17.9 Å². The molecule has 0 spiro atoms. The monoisotopic (exact) mass is 243 g/mol. The highest BCUT2D eigenvalue weighted by molar-refractivity contribution is 7.80. The molecule has 0 aliphatic rings. The Balaban J connectivity index is 2.69. The lowest BCUT2D eigenvalue weighted by Crippen LogP contribution is -2.30. The molecule has 5 heteroatoms. The molecule has 0 aromatic heterocycles. The number of aliphatic hydroxyl groups is 1. The lowest BCUT2D eigenvalue weighted by atomic mass is 10.1. The second-order valence-electron chi connectivity index (χ2n) is 3.66. The van der Waals surface area contributed by atoms with E-state index in [-0.39, 0.29) is 18.1 Å². The standard InChI is InChI=1S/C11H14FNO2S/c1-7(6-14)5-13-11(15)9-4-8(16)2-3-10(9)12/h2-4,7,14,16H,5-6H2,1H3,(H,13,15). The molecule has 1 atom stereocenters. The Morgan fingerprint density at radius 2 is 2.31 bits per heavy atom. The van der Waals surface area contributed by atoms with Gasteiger partial charge < -0.3 is 10.4 Å². The number of rotatable bonds is 4. The smallest absolute Gasteiger partial charge is 0.254 e. The predicted molar refractivity (Wildman–Crippen MR) is 62.2 cm³/mol. The van der Waals surface area contributed by atoms with E-state index in [1.54, 1.807) is 6.92 Å². The first-order valence-electron chi connectivity index (χ1n) is 4.92. The molecule has 1 rings (SSSR count). The van der Waals surface area contributed by atoms with Crippen LogP contribution in [0.15, 0.2) is 23.1 Å². The number of thiol groups is 1. The van der Waals surface area contributed by atoms with Gasteiger partial charge in [0.15, 0.2) is 0 Å². The second-order valence-corrected chi connectivity index (χ2v) is 4.18. The SMILES string of the molecule is CC(CO)CNC(=O)c1cc(S)ccc1F. The van der Waals surface area contributed by atoms with E-state index < -0.39 is 11.7 Å². The number of hydrogen-bond acceptors (Lipinski definition) is 3. The van der Waals surface area contributed by atoms with Crippen LogP contribution in [-0.2, 0) is 0 Å². The minimum Gasteiger partial charge on any atom is -0.396 e. The van der Waals surface area contributed by atoms with Gasteiger partial charge in [0, 0.05) is 18.0 Å². The molecule has 1 aromatic carbocycles. The van der Waals surface area contributed by atoms with Gasteiger partial charge in [0.2, 0.25) is 0 Å². The Bertz CT molecular complexity index is 384. The van der Waals surface area contributed by atoms with E-state index in [9.17, 15) is 9.18 Å². The number of carbonyl (C=O) groups is 1. The molecule has 0 aliphatic heterocycles. The maximum absolute atomic E-state index is 13.3. The highest BCUT2D eigenvalue weighted by Gasteiger charge is 2.12. The summed E-state index contributed by atoms with van der Waals surface area (Å²) in [5.41, 5.74) is -0.0300. The van der Waals surface area contributed by atoms with Crippen LogP contribution in [0.2, 0.25) is 0 Å². The van der Waals surface area contributed by atoms with Crippen molar-refractivity contribution in [3.63, 3.8) is 0 Å². The molecule has 1 aromatic rings. The van der Waals surface area contributed by atoms with E-state index >= 15 is 0 Å². The molecule has 0 fully saturated rings. The van der Waals surface area contributed by atoms with Crippen LogP contribution in [0.1, 0.15) is 17.3 Å². The lowest BCUT2D eigenvalue weighted by Gasteiger charge is -2.10. The molecule has 0 heterocycles. The summed E-state index contributed by atoms with van der Waals surface area (Å²) in [4.78, 5) is 12.1. The fraction of sp³-hybridized carbons (Fsp3) is 0.364. The average molecular weight is 243 g/mol. The van der Waals surface area contributed by atoms with Crippen molar-refractivity contribution in [3.05, 3.63) is 29.6 Å². The van der Waals surface area contributed by atoms with E-state index in [0.717, 1.165) is 0 Å². The van der Waals surface area contributed by atoms with Crippen LogP contribution in [0.5, 0.6) is 0 Å². The van der Waals surface area contributed by atoms with Crippen LogP contribution in [0.4, 0.5) is 4.39 Å². The molecule has 0 saturated carbocycles. The van der Waals surface area contributed by atoms with Crippen LogP contribution >= 0.6 is 12.6 Å². The Morgan fingerprint density at radius 1 is 1.62 bits per heavy atom. The maximum Gasteiger partial charge on any atom is 0.254 e. The summed E-state index contributed by atoms with van der Waals surface area (Å²) >= 11 is 4.04. The number of nitrogens with one attached hydrogen (secondary N) is 1. The maximum atomic E-state index is 13.3. The molecule has 16 heavy (non-hydrogen) atoms. The molecule has 3 nitrogen and oxygen atoms in total. The molecule has 0 saturated heterocycles. The van der Waals surface area contributed by atoms with Gasteiger partial charge in [-0.25, -0.2) is 4.39 Å². The van der Waals surface area contributed by atoms with Gasteiger partial charge in [-0.05, 0) is 24.1 Å². The Labute approximate surface area is 99.1 Å². The van der Waals surface area contributed by atoms with Crippen molar-refractivity contribution in [1.29, 1.82) is 0 Å². The number of amides is 1. The summed E-state index contributed by atoms with van der Waals surface area (Å²) in [6, 6.07) is 4.05. The summed E-state index contributed by atoms with van der Waals surface area (Å²) in [6.07, 6.45) is 0. The minimum atomic E-state index is -0.577. The van der Waals surface area contributed by atoms with Crippen molar-refractivity contribution in [2.24, 2.45) is 5.92 Å². The number of carbonyl (C=O) groups excluding carboxylic acids is 1. The topological polar surface area (TPSA) is 49.3 Å². The van der Waals surface area contributed by atoms with Crippen LogP contribution in [-0.4, -0.2) is 24.2 Å². The molecule has 0 aliphatic carbocycles. The van der Waals surface area contributed by atoms with Crippen LogP contribution < -0.4 is 5.32 Å². The first kappa shape index (κ1) is 13.0. The largest absolute Gasteiger partial charge is 0.396 e. The van der Waals surface area contributed by atoms with Crippen LogP contribution in [0, 0.1) is 11.7 Å². The van der Waals surface area contributed by atoms with Gasteiger partial charge in [-0.1, -0.05) is 6.92 Å². The van der Waals surface area contributed by atoms with Crippen molar-refractivity contribution >= 4 is 18.5 Å². The molecule has 0 bridgehead atoms. The minimum absolute atomic E-state index is 0.0185. The Hall–Kier alpha value is -1.07. The zero-order valence-corrected chi connectivity index (χ0v) is 9.80. The van der Waals surface area contributed by atoms with E-state index in [0.29, 0.717) is 11.4 Å². The van der Waals surface area contributed by atoms with Gasteiger partial charge >= 0.3 is 0 Å². The van der Waals surface area contributed by atoms with Gasteiger partial charge in [-0.3, -0.25) is 4.79 Å². The fourth-order valence-corrected chi connectivity index (χ4v) is 1.32. The van der Waals surface area contributed by atoms with Crippen molar-refractivity contribution < 1.29 is 14.3 Å². The zero-order chi connectivity index (χ0) is 12.1. The van der Waals surface area contributed by atoms with Gasteiger partial charge in [0.05, 0.1) is 5.56 Å². The molecular formula is C11H14FNO2S. The fourth-order valence-electron chi connectivity index (χ4n) is 1.11. The number of benzene rings is 1. The lowest BCUT2D eigenvalue weighted by molar-refractivity contribution is 0.0938. The highest BCUT2D eigenvalue weighted by atomic mass is 32.1. The zero-order valence-electron chi connectivity index (χ0n) is 8.90. The van der Waals surface area contributed by atoms with Gasteiger partial charge in [-0.15, -0.1) is 12.6 Å².